The minimum Gasteiger partial charge on any atom is -0.334 e. The number of para-hydroxylation sites is 2. The third-order valence-electron chi connectivity index (χ3n) is 4.40. The van der Waals surface area contributed by atoms with Gasteiger partial charge in [0.15, 0.2) is 0 Å². The van der Waals surface area contributed by atoms with E-state index in [9.17, 15) is 4.79 Å². The second kappa shape index (κ2) is 7.29. The van der Waals surface area contributed by atoms with E-state index in [0.29, 0.717) is 28.7 Å². The Bertz CT molecular complexity index is 1310. The number of thiophene rings is 1. The minimum absolute atomic E-state index is 0.304. The molecule has 6 nitrogen and oxygen atoms in total. The Morgan fingerprint density at radius 3 is 2.66 bits per heavy atom. The van der Waals surface area contributed by atoms with Gasteiger partial charge in [0.1, 0.15) is 5.69 Å². The molecule has 140 valence electrons. The van der Waals surface area contributed by atoms with E-state index in [2.05, 4.69) is 20.4 Å². The Morgan fingerprint density at radius 1 is 0.897 bits per heavy atom. The average Bonchev–Trinajstić information content (AvgIpc) is 3.46. The summed E-state index contributed by atoms with van der Waals surface area (Å²) >= 11 is 1.53. The van der Waals surface area contributed by atoms with Crippen LogP contribution in [0.3, 0.4) is 0 Å². The van der Waals surface area contributed by atoms with Crippen LogP contribution in [0.5, 0.6) is 0 Å². The van der Waals surface area contributed by atoms with Crippen molar-refractivity contribution in [3.63, 3.8) is 0 Å². The van der Waals surface area contributed by atoms with Crippen molar-refractivity contribution in [1.29, 1.82) is 0 Å². The predicted molar refractivity (Wildman–Crippen MR) is 113 cm³/mol. The second-order valence-corrected chi connectivity index (χ2v) is 7.24. The highest BCUT2D eigenvalue weighted by Crippen LogP contribution is 2.30. The summed E-state index contributed by atoms with van der Waals surface area (Å²) in [6.45, 7) is 0. The number of nitrogens with one attached hydrogen (secondary N) is 1. The molecule has 0 saturated heterocycles. The van der Waals surface area contributed by atoms with Gasteiger partial charge in [-0.25, -0.2) is 4.98 Å². The SMILES string of the molecule is O=C(Nc1ccccc1-c1nc(-c2cccs2)no1)c1ccc2ccccc2n1. The molecule has 1 N–H and O–H groups in total. The third kappa shape index (κ3) is 3.39. The van der Waals surface area contributed by atoms with Gasteiger partial charge in [0.05, 0.1) is 21.6 Å². The van der Waals surface area contributed by atoms with Crippen LogP contribution in [0.1, 0.15) is 10.5 Å². The van der Waals surface area contributed by atoms with Crippen molar-refractivity contribution in [2.24, 2.45) is 0 Å². The van der Waals surface area contributed by atoms with Crippen LogP contribution in [0.2, 0.25) is 0 Å². The lowest BCUT2D eigenvalue weighted by molar-refractivity contribution is 0.102. The molecule has 5 rings (SSSR count). The lowest BCUT2D eigenvalue weighted by Gasteiger charge is -2.08. The van der Waals surface area contributed by atoms with E-state index in [1.165, 1.54) is 11.3 Å². The van der Waals surface area contributed by atoms with Crippen LogP contribution >= 0.6 is 11.3 Å². The van der Waals surface area contributed by atoms with Crippen LogP contribution < -0.4 is 5.32 Å². The molecule has 0 bridgehead atoms. The maximum atomic E-state index is 12.8. The molecule has 0 aliphatic carbocycles. The van der Waals surface area contributed by atoms with E-state index in [0.717, 1.165) is 15.8 Å². The molecule has 0 fully saturated rings. The van der Waals surface area contributed by atoms with Crippen LogP contribution in [0, 0.1) is 0 Å². The number of carbonyl (C=O) groups is 1. The molecule has 5 aromatic rings. The van der Waals surface area contributed by atoms with Gasteiger partial charge in [-0.05, 0) is 35.7 Å². The van der Waals surface area contributed by atoms with E-state index in [1.807, 2.05) is 66.0 Å². The summed E-state index contributed by atoms with van der Waals surface area (Å²) in [7, 11) is 0. The Hall–Kier alpha value is -3.84. The van der Waals surface area contributed by atoms with Gasteiger partial charge in [-0.2, -0.15) is 4.98 Å². The van der Waals surface area contributed by atoms with Crippen LogP contribution in [0.4, 0.5) is 5.69 Å². The zero-order valence-electron chi connectivity index (χ0n) is 15.1. The van der Waals surface area contributed by atoms with E-state index in [1.54, 1.807) is 12.1 Å². The molecule has 0 spiro atoms. The Morgan fingerprint density at radius 2 is 1.76 bits per heavy atom. The van der Waals surface area contributed by atoms with Gasteiger partial charge in [-0.15, -0.1) is 11.3 Å². The summed E-state index contributed by atoms with van der Waals surface area (Å²) < 4.78 is 5.44. The fourth-order valence-electron chi connectivity index (χ4n) is 3.00. The van der Waals surface area contributed by atoms with E-state index in [4.69, 9.17) is 4.52 Å². The number of rotatable bonds is 4. The normalized spacial score (nSPS) is 10.9. The van der Waals surface area contributed by atoms with Crippen molar-refractivity contribution in [3.8, 4) is 22.2 Å². The number of fused-ring (bicyclic) bond motifs is 1. The molecule has 29 heavy (non-hydrogen) atoms. The molecular weight excluding hydrogens is 384 g/mol. The number of anilines is 1. The first kappa shape index (κ1) is 17.3. The Balaban J connectivity index is 1.45. The monoisotopic (exact) mass is 398 g/mol. The first-order valence-electron chi connectivity index (χ1n) is 8.92. The molecule has 3 aromatic heterocycles. The number of aromatic nitrogens is 3. The van der Waals surface area contributed by atoms with Crippen LogP contribution in [-0.4, -0.2) is 21.0 Å². The van der Waals surface area contributed by atoms with Crippen molar-refractivity contribution in [3.05, 3.63) is 83.9 Å². The van der Waals surface area contributed by atoms with Crippen LogP contribution in [0.25, 0.3) is 33.1 Å². The van der Waals surface area contributed by atoms with Crippen molar-refractivity contribution in [2.75, 3.05) is 5.32 Å². The maximum absolute atomic E-state index is 12.8. The standard InChI is InChI=1S/C22H14N4O2S/c27-21(18-12-11-14-6-1-3-8-16(14)23-18)24-17-9-4-2-7-15(17)22-25-20(26-28-22)19-10-5-13-29-19/h1-13H,(H,24,27). The summed E-state index contributed by atoms with van der Waals surface area (Å²) in [5.41, 5.74) is 2.33. The van der Waals surface area contributed by atoms with Gasteiger partial charge in [0.25, 0.3) is 11.8 Å². The highest BCUT2D eigenvalue weighted by molar-refractivity contribution is 7.13. The number of nitrogens with zero attached hydrogens (tertiary/aromatic N) is 3. The molecule has 1 amide bonds. The summed E-state index contributed by atoms with van der Waals surface area (Å²) in [5, 5.41) is 9.89. The number of hydrogen-bond acceptors (Lipinski definition) is 6. The van der Waals surface area contributed by atoms with Crippen LogP contribution in [0.15, 0.2) is 82.7 Å². The van der Waals surface area contributed by atoms with Crippen molar-refractivity contribution < 1.29 is 9.32 Å². The number of carbonyl (C=O) groups excluding carboxylic acids is 1. The number of hydrogen-bond donors (Lipinski definition) is 1. The summed E-state index contributed by atoms with van der Waals surface area (Å²) in [4.78, 5) is 22.6. The van der Waals surface area contributed by atoms with Gasteiger partial charge in [0, 0.05) is 5.39 Å². The zero-order chi connectivity index (χ0) is 19.6. The topological polar surface area (TPSA) is 80.9 Å². The van der Waals surface area contributed by atoms with Crippen molar-refractivity contribution >= 4 is 33.8 Å². The summed E-state index contributed by atoms with van der Waals surface area (Å²) in [5.74, 6) is 0.560. The first-order valence-corrected chi connectivity index (χ1v) is 9.80. The number of pyridine rings is 1. The van der Waals surface area contributed by atoms with E-state index < -0.39 is 0 Å². The molecule has 7 heteroatoms. The lowest BCUT2D eigenvalue weighted by Crippen LogP contribution is -2.14. The molecule has 2 aromatic carbocycles. The summed E-state index contributed by atoms with van der Waals surface area (Å²) in [6, 6.07) is 22.4. The van der Waals surface area contributed by atoms with Crippen LogP contribution in [-0.2, 0) is 0 Å². The lowest BCUT2D eigenvalue weighted by atomic mass is 10.1. The highest BCUT2D eigenvalue weighted by Gasteiger charge is 2.17. The maximum Gasteiger partial charge on any atom is 0.274 e. The van der Waals surface area contributed by atoms with Gasteiger partial charge < -0.3 is 9.84 Å². The molecule has 0 aliphatic rings. The molecule has 3 heterocycles. The van der Waals surface area contributed by atoms with Gasteiger partial charge in [0.2, 0.25) is 5.82 Å². The molecule has 0 atom stereocenters. The van der Waals surface area contributed by atoms with Gasteiger partial charge >= 0.3 is 0 Å². The minimum atomic E-state index is -0.304. The molecular formula is C22H14N4O2S. The van der Waals surface area contributed by atoms with Gasteiger partial charge in [-0.1, -0.05) is 47.6 Å². The fourth-order valence-corrected chi connectivity index (χ4v) is 3.65. The smallest absolute Gasteiger partial charge is 0.274 e. The molecule has 0 aliphatic heterocycles. The predicted octanol–water partition coefficient (Wildman–Crippen LogP) is 5.27. The zero-order valence-corrected chi connectivity index (χ0v) is 15.9. The van der Waals surface area contributed by atoms with Crippen molar-refractivity contribution in [2.45, 2.75) is 0 Å². The van der Waals surface area contributed by atoms with Gasteiger partial charge in [-0.3, -0.25) is 4.79 Å². The number of amides is 1. The highest BCUT2D eigenvalue weighted by atomic mass is 32.1. The number of benzene rings is 2. The Labute approximate surface area is 169 Å². The Kier molecular flexibility index (Phi) is 4.34. The molecule has 0 unspecified atom stereocenters. The third-order valence-corrected chi connectivity index (χ3v) is 5.27. The molecule has 0 radical (unpaired) electrons. The van der Waals surface area contributed by atoms with Crippen molar-refractivity contribution in [1.82, 2.24) is 15.1 Å². The summed E-state index contributed by atoms with van der Waals surface area (Å²) in [6.07, 6.45) is 0. The second-order valence-electron chi connectivity index (χ2n) is 6.29. The fraction of sp³-hybridized carbons (Fsp3) is 0. The largest absolute Gasteiger partial charge is 0.334 e. The first-order chi connectivity index (χ1) is 14.3. The average molecular weight is 398 g/mol. The van der Waals surface area contributed by atoms with E-state index in [-0.39, 0.29) is 5.91 Å². The quantitative estimate of drug-likeness (QED) is 0.446. The van der Waals surface area contributed by atoms with E-state index >= 15 is 0 Å². The molecule has 0 saturated carbocycles.